The molecule has 1 aliphatic carbocycles. The molecule has 1 unspecified atom stereocenters. The number of hydrogen-bond acceptors (Lipinski definition) is 3. The molecule has 0 aromatic rings. The molecule has 0 radical (unpaired) electrons. The van der Waals surface area contributed by atoms with Crippen molar-refractivity contribution in [1.29, 1.82) is 0 Å². The van der Waals surface area contributed by atoms with Gasteiger partial charge in [-0.2, -0.15) is 0 Å². The van der Waals surface area contributed by atoms with Gasteiger partial charge >= 0.3 is 0 Å². The molecule has 1 rings (SSSR count). The topological polar surface area (TPSA) is 81.1 Å². The van der Waals surface area contributed by atoms with Gasteiger partial charge in [-0.25, -0.2) is 0 Å². The molecular weight excluding hydrogens is 190 g/mol. The number of carbonyl (C=O) groups excluding carboxylic acids is 1. The van der Waals surface area contributed by atoms with E-state index >= 15 is 0 Å². The van der Waals surface area contributed by atoms with Crippen LogP contribution in [-0.2, 0) is 4.79 Å². The number of nitrogens with two attached hydrogens (primary N) is 2. The molecule has 1 aliphatic rings. The molecule has 5 N–H and O–H groups in total. The highest BCUT2D eigenvalue weighted by molar-refractivity contribution is 5.81. The lowest BCUT2D eigenvalue weighted by Crippen LogP contribution is -2.47. The molecule has 4 nitrogen and oxygen atoms in total. The standard InChI is InChI=1S/C11H21N3O/c1-2-3-10(13)11(15)14-9-6-4-8(12)5-7-9/h2,8-10H,1,3-7,12-13H2,(H,14,15). The fraction of sp³-hybridized carbons (Fsp3) is 0.727. The van der Waals surface area contributed by atoms with Gasteiger partial charge < -0.3 is 16.8 Å². The first-order chi connectivity index (χ1) is 7.13. The monoisotopic (exact) mass is 211 g/mol. The molecule has 1 amide bonds. The zero-order valence-electron chi connectivity index (χ0n) is 9.11. The number of amides is 1. The van der Waals surface area contributed by atoms with Crippen LogP contribution in [0.4, 0.5) is 0 Å². The molecule has 86 valence electrons. The minimum Gasteiger partial charge on any atom is -0.352 e. The second-order valence-electron chi connectivity index (χ2n) is 4.25. The average Bonchev–Trinajstić information content (AvgIpc) is 2.22. The summed E-state index contributed by atoms with van der Waals surface area (Å²) in [5, 5.41) is 2.96. The number of carbonyl (C=O) groups is 1. The summed E-state index contributed by atoms with van der Waals surface area (Å²) in [5.74, 6) is -0.0737. The lowest BCUT2D eigenvalue weighted by molar-refractivity contribution is -0.123. The van der Waals surface area contributed by atoms with Crippen molar-refractivity contribution in [1.82, 2.24) is 5.32 Å². The summed E-state index contributed by atoms with van der Waals surface area (Å²) in [4.78, 5) is 11.6. The van der Waals surface area contributed by atoms with E-state index in [9.17, 15) is 4.79 Å². The van der Waals surface area contributed by atoms with Crippen LogP contribution in [0, 0.1) is 0 Å². The Morgan fingerprint density at radius 2 is 2.07 bits per heavy atom. The second kappa shape index (κ2) is 5.88. The van der Waals surface area contributed by atoms with Crippen molar-refractivity contribution in [3.63, 3.8) is 0 Å². The van der Waals surface area contributed by atoms with Crippen molar-refractivity contribution in [2.24, 2.45) is 11.5 Å². The first-order valence-electron chi connectivity index (χ1n) is 5.56. The number of hydrogen-bond donors (Lipinski definition) is 3. The third kappa shape index (κ3) is 4.01. The van der Waals surface area contributed by atoms with E-state index in [1.165, 1.54) is 0 Å². The van der Waals surface area contributed by atoms with Crippen molar-refractivity contribution in [3.8, 4) is 0 Å². The van der Waals surface area contributed by atoms with E-state index in [-0.39, 0.29) is 11.9 Å². The molecule has 0 saturated heterocycles. The molecule has 0 aromatic carbocycles. The first kappa shape index (κ1) is 12.2. The van der Waals surface area contributed by atoms with E-state index in [0.717, 1.165) is 25.7 Å². The second-order valence-corrected chi connectivity index (χ2v) is 4.25. The van der Waals surface area contributed by atoms with Crippen molar-refractivity contribution in [3.05, 3.63) is 12.7 Å². The van der Waals surface area contributed by atoms with Crippen LogP contribution in [0.5, 0.6) is 0 Å². The SMILES string of the molecule is C=CCC(N)C(=O)NC1CCC(N)CC1. The molecule has 0 aromatic heterocycles. The Balaban J connectivity index is 2.28. The van der Waals surface area contributed by atoms with Crippen molar-refractivity contribution >= 4 is 5.91 Å². The number of nitrogens with one attached hydrogen (secondary N) is 1. The molecule has 0 heterocycles. The van der Waals surface area contributed by atoms with Crippen LogP contribution >= 0.6 is 0 Å². The molecule has 1 saturated carbocycles. The van der Waals surface area contributed by atoms with Crippen LogP contribution in [0.15, 0.2) is 12.7 Å². The Hall–Kier alpha value is -0.870. The maximum Gasteiger partial charge on any atom is 0.237 e. The molecule has 0 aliphatic heterocycles. The smallest absolute Gasteiger partial charge is 0.237 e. The fourth-order valence-corrected chi connectivity index (χ4v) is 1.86. The Morgan fingerprint density at radius 3 is 2.60 bits per heavy atom. The maximum atomic E-state index is 11.6. The lowest BCUT2D eigenvalue weighted by Gasteiger charge is -2.27. The zero-order chi connectivity index (χ0) is 11.3. The van der Waals surface area contributed by atoms with Gasteiger partial charge in [-0.1, -0.05) is 6.08 Å². The van der Waals surface area contributed by atoms with E-state index in [0.29, 0.717) is 12.5 Å². The Bertz CT molecular complexity index is 222. The molecule has 0 spiro atoms. The van der Waals surface area contributed by atoms with Gasteiger partial charge in [0.15, 0.2) is 0 Å². The molecule has 15 heavy (non-hydrogen) atoms. The molecule has 1 fully saturated rings. The molecule has 4 heteroatoms. The molecular formula is C11H21N3O. The van der Waals surface area contributed by atoms with Gasteiger partial charge in [-0.15, -0.1) is 6.58 Å². The number of rotatable bonds is 4. The quantitative estimate of drug-likeness (QED) is 0.584. The minimum absolute atomic E-state index is 0.0737. The van der Waals surface area contributed by atoms with Gasteiger partial charge in [0.1, 0.15) is 0 Å². The highest BCUT2D eigenvalue weighted by Crippen LogP contribution is 2.16. The van der Waals surface area contributed by atoms with Crippen LogP contribution in [0.3, 0.4) is 0 Å². The van der Waals surface area contributed by atoms with Gasteiger partial charge in [0.25, 0.3) is 0 Å². The molecule has 0 bridgehead atoms. The van der Waals surface area contributed by atoms with E-state index < -0.39 is 6.04 Å². The van der Waals surface area contributed by atoms with E-state index in [2.05, 4.69) is 11.9 Å². The van der Waals surface area contributed by atoms with Gasteiger partial charge in [-0.3, -0.25) is 4.79 Å². The summed E-state index contributed by atoms with van der Waals surface area (Å²) >= 11 is 0. The van der Waals surface area contributed by atoms with Crippen LogP contribution < -0.4 is 16.8 Å². The fourth-order valence-electron chi connectivity index (χ4n) is 1.86. The van der Waals surface area contributed by atoms with E-state index in [1.807, 2.05) is 0 Å². The molecule has 1 atom stereocenters. The summed E-state index contributed by atoms with van der Waals surface area (Å²) in [6.45, 7) is 3.56. The van der Waals surface area contributed by atoms with Gasteiger partial charge in [0, 0.05) is 12.1 Å². The van der Waals surface area contributed by atoms with Crippen LogP contribution in [-0.4, -0.2) is 24.0 Å². The largest absolute Gasteiger partial charge is 0.352 e. The highest BCUT2D eigenvalue weighted by atomic mass is 16.2. The average molecular weight is 211 g/mol. The summed E-state index contributed by atoms with van der Waals surface area (Å²) < 4.78 is 0. The van der Waals surface area contributed by atoms with Gasteiger partial charge in [-0.05, 0) is 32.1 Å². The predicted molar refractivity (Wildman–Crippen MR) is 61.2 cm³/mol. The zero-order valence-corrected chi connectivity index (χ0v) is 9.11. The lowest BCUT2D eigenvalue weighted by atomic mass is 9.91. The van der Waals surface area contributed by atoms with Crippen LogP contribution in [0.2, 0.25) is 0 Å². The van der Waals surface area contributed by atoms with Crippen LogP contribution in [0.25, 0.3) is 0 Å². The first-order valence-corrected chi connectivity index (χ1v) is 5.56. The van der Waals surface area contributed by atoms with Gasteiger partial charge in [0.05, 0.1) is 6.04 Å². The Morgan fingerprint density at radius 1 is 1.47 bits per heavy atom. The predicted octanol–water partition coefficient (Wildman–Crippen LogP) is 0.276. The Kier molecular flexibility index (Phi) is 4.78. The third-order valence-electron chi connectivity index (χ3n) is 2.88. The summed E-state index contributed by atoms with van der Waals surface area (Å²) in [6, 6.07) is 0.103. The van der Waals surface area contributed by atoms with Crippen molar-refractivity contribution < 1.29 is 4.79 Å². The third-order valence-corrected chi connectivity index (χ3v) is 2.88. The normalized spacial score (nSPS) is 28.1. The van der Waals surface area contributed by atoms with Gasteiger partial charge in [0.2, 0.25) is 5.91 Å². The van der Waals surface area contributed by atoms with E-state index in [4.69, 9.17) is 11.5 Å². The minimum atomic E-state index is -0.460. The summed E-state index contributed by atoms with van der Waals surface area (Å²) in [5.41, 5.74) is 11.4. The highest BCUT2D eigenvalue weighted by Gasteiger charge is 2.21. The van der Waals surface area contributed by atoms with Crippen molar-refractivity contribution in [2.75, 3.05) is 0 Å². The van der Waals surface area contributed by atoms with E-state index in [1.54, 1.807) is 6.08 Å². The summed E-state index contributed by atoms with van der Waals surface area (Å²) in [7, 11) is 0. The van der Waals surface area contributed by atoms with Crippen molar-refractivity contribution in [2.45, 2.75) is 50.2 Å². The maximum absolute atomic E-state index is 11.6. The summed E-state index contributed by atoms with van der Waals surface area (Å²) in [6.07, 6.45) is 6.10. The Labute approximate surface area is 91.1 Å². The van der Waals surface area contributed by atoms with Crippen LogP contribution in [0.1, 0.15) is 32.1 Å².